The molecule has 19 heavy (non-hydrogen) atoms. The van der Waals surface area contributed by atoms with Crippen molar-refractivity contribution in [2.24, 2.45) is 0 Å². The summed E-state index contributed by atoms with van der Waals surface area (Å²) in [6.45, 7) is 11.0. The van der Waals surface area contributed by atoms with E-state index in [1.54, 1.807) is 0 Å². The zero-order valence-electron chi connectivity index (χ0n) is 13.0. The minimum atomic E-state index is 0.183. The van der Waals surface area contributed by atoms with E-state index in [4.69, 9.17) is 0 Å². The largest absolute Gasteiger partial charge is 0.506 e. The summed E-state index contributed by atoms with van der Waals surface area (Å²) >= 11 is 1.81. The molecule has 0 amide bonds. The summed E-state index contributed by atoms with van der Waals surface area (Å²) in [4.78, 5) is 1.05. The van der Waals surface area contributed by atoms with Crippen LogP contribution in [0.4, 0.5) is 0 Å². The van der Waals surface area contributed by atoms with E-state index in [1.165, 1.54) is 12.0 Å². The van der Waals surface area contributed by atoms with E-state index in [0.717, 1.165) is 36.1 Å². The zero-order valence-corrected chi connectivity index (χ0v) is 13.9. The molecule has 0 saturated carbocycles. The molecule has 1 nitrogen and oxygen atoms in total. The Balaban J connectivity index is 2.97. The highest BCUT2D eigenvalue weighted by atomic mass is 32.2. The van der Waals surface area contributed by atoms with Gasteiger partial charge in [-0.1, -0.05) is 46.6 Å². The molecule has 0 aliphatic rings. The Kier molecular flexibility index (Phi) is 6.25. The highest BCUT2D eigenvalue weighted by Gasteiger charge is 2.21. The molecule has 0 fully saturated rings. The molecule has 0 atom stereocenters. The van der Waals surface area contributed by atoms with Crippen LogP contribution in [0.5, 0.6) is 5.75 Å². The molecule has 2 heteroatoms. The van der Waals surface area contributed by atoms with E-state index in [9.17, 15) is 5.11 Å². The number of hydrogen-bond acceptors (Lipinski definition) is 2. The average molecular weight is 280 g/mol. The molecule has 0 bridgehead atoms. The van der Waals surface area contributed by atoms with Gasteiger partial charge in [-0.25, -0.2) is 0 Å². The molecule has 0 unspecified atom stereocenters. The number of aromatic hydroxyl groups is 1. The molecule has 0 saturated heterocycles. The van der Waals surface area contributed by atoms with E-state index < -0.39 is 0 Å². The van der Waals surface area contributed by atoms with Gasteiger partial charge in [0.25, 0.3) is 0 Å². The first kappa shape index (κ1) is 16.4. The lowest BCUT2D eigenvalue weighted by Gasteiger charge is -2.24. The van der Waals surface area contributed by atoms with Gasteiger partial charge in [0, 0.05) is 4.75 Å². The molecule has 1 aromatic carbocycles. The molecular weight excluding hydrogens is 252 g/mol. The quantitative estimate of drug-likeness (QED) is 0.645. The highest BCUT2D eigenvalue weighted by molar-refractivity contribution is 8.00. The maximum absolute atomic E-state index is 10.5. The number of benzene rings is 1. The molecule has 0 aliphatic carbocycles. The summed E-state index contributed by atoms with van der Waals surface area (Å²) in [5.74, 6) is 0.508. The van der Waals surface area contributed by atoms with Gasteiger partial charge in [-0.05, 0) is 43.4 Å². The van der Waals surface area contributed by atoms with E-state index >= 15 is 0 Å². The van der Waals surface area contributed by atoms with Crippen LogP contribution in [-0.4, -0.2) is 9.85 Å². The molecule has 1 aromatic rings. The zero-order chi connectivity index (χ0) is 14.5. The first-order chi connectivity index (χ1) is 8.89. The molecule has 1 N–H and O–H groups in total. The van der Waals surface area contributed by atoms with Crippen LogP contribution in [0.2, 0.25) is 0 Å². The minimum absolute atomic E-state index is 0.183. The van der Waals surface area contributed by atoms with Crippen LogP contribution in [0, 0.1) is 6.92 Å². The van der Waals surface area contributed by atoms with Gasteiger partial charge in [0.1, 0.15) is 5.75 Å². The average Bonchev–Trinajstić information content (AvgIpc) is 2.31. The van der Waals surface area contributed by atoms with Crippen LogP contribution in [0.15, 0.2) is 17.0 Å². The first-order valence-electron chi connectivity index (χ1n) is 7.41. The summed E-state index contributed by atoms with van der Waals surface area (Å²) in [5, 5.41) is 10.5. The number of phenols is 1. The monoisotopic (exact) mass is 280 g/mol. The third-order valence-electron chi connectivity index (χ3n) is 3.34. The van der Waals surface area contributed by atoms with Gasteiger partial charge in [0.15, 0.2) is 0 Å². The number of unbranched alkanes of at least 4 members (excludes halogenated alkanes) is 1. The van der Waals surface area contributed by atoms with Crippen molar-refractivity contribution in [3.63, 3.8) is 0 Å². The molecule has 1 rings (SSSR count). The molecule has 108 valence electrons. The maximum Gasteiger partial charge on any atom is 0.132 e. The molecule has 0 heterocycles. The SMILES string of the molecule is CCCCc1cc(C)cc(SC(C)(C)CCC)c1O. The van der Waals surface area contributed by atoms with Crippen LogP contribution in [-0.2, 0) is 6.42 Å². The Hall–Kier alpha value is -0.630. The van der Waals surface area contributed by atoms with Crippen LogP contribution < -0.4 is 0 Å². The van der Waals surface area contributed by atoms with Crippen LogP contribution in [0.25, 0.3) is 0 Å². The highest BCUT2D eigenvalue weighted by Crippen LogP contribution is 2.42. The Morgan fingerprint density at radius 3 is 2.42 bits per heavy atom. The van der Waals surface area contributed by atoms with Gasteiger partial charge < -0.3 is 5.11 Å². The molecule has 0 aliphatic heterocycles. The van der Waals surface area contributed by atoms with Crippen LogP contribution in [0.3, 0.4) is 0 Å². The summed E-state index contributed by atoms with van der Waals surface area (Å²) in [5.41, 5.74) is 2.36. The fourth-order valence-electron chi connectivity index (χ4n) is 2.40. The van der Waals surface area contributed by atoms with Crippen molar-refractivity contribution in [2.45, 2.75) is 76.4 Å². The second kappa shape index (κ2) is 7.23. The van der Waals surface area contributed by atoms with Crippen molar-refractivity contribution in [3.05, 3.63) is 23.3 Å². The van der Waals surface area contributed by atoms with Crippen molar-refractivity contribution in [1.82, 2.24) is 0 Å². The number of phenolic OH excluding ortho intramolecular Hbond substituents is 1. The fourth-order valence-corrected chi connectivity index (χ4v) is 3.78. The predicted molar refractivity (Wildman–Crippen MR) is 86.3 cm³/mol. The lowest BCUT2D eigenvalue weighted by atomic mass is 10.0. The first-order valence-corrected chi connectivity index (χ1v) is 8.22. The molecule has 0 radical (unpaired) electrons. The molecule has 0 spiro atoms. The van der Waals surface area contributed by atoms with E-state index in [2.05, 4.69) is 46.8 Å². The third kappa shape index (κ3) is 5.10. The summed E-state index contributed by atoms with van der Waals surface area (Å²) in [7, 11) is 0. The van der Waals surface area contributed by atoms with Crippen molar-refractivity contribution in [1.29, 1.82) is 0 Å². The second-order valence-electron chi connectivity index (χ2n) is 5.99. The number of thioether (sulfide) groups is 1. The summed E-state index contributed by atoms with van der Waals surface area (Å²) in [6.07, 6.45) is 5.62. The van der Waals surface area contributed by atoms with E-state index in [-0.39, 0.29) is 4.75 Å². The standard InChI is InChI=1S/C17H28OS/c1-6-8-9-14-11-13(3)12-15(16(14)18)19-17(4,5)10-7-2/h11-12,18H,6-10H2,1-5H3. The lowest BCUT2D eigenvalue weighted by Crippen LogP contribution is -2.13. The molecular formula is C17H28OS. The predicted octanol–water partition coefficient (Wildman–Crippen LogP) is 5.71. The van der Waals surface area contributed by atoms with E-state index in [1.807, 2.05) is 11.8 Å². The van der Waals surface area contributed by atoms with Crippen molar-refractivity contribution in [2.75, 3.05) is 0 Å². The second-order valence-corrected chi connectivity index (χ2v) is 7.74. The van der Waals surface area contributed by atoms with Crippen molar-refractivity contribution < 1.29 is 5.11 Å². The van der Waals surface area contributed by atoms with Gasteiger partial charge in [-0.2, -0.15) is 0 Å². The van der Waals surface area contributed by atoms with Gasteiger partial charge in [0.05, 0.1) is 4.90 Å². The third-order valence-corrected chi connectivity index (χ3v) is 4.62. The van der Waals surface area contributed by atoms with Crippen LogP contribution in [0.1, 0.15) is 64.5 Å². The summed E-state index contributed by atoms with van der Waals surface area (Å²) < 4.78 is 0.183. The van der Waals surface area contributed by atoms with Crippen molar-refractivity contribution >= 4 is 11.8 Å². The van der Waals surface area contributed by atoms with Gasteiger partial charge in [-0.15, -0.1) is 11.8 Å². The smallest absolute Gasteiger partial charge is 0.132 e. The number of hydrogen-bond donors (Lipinski definition) is 1. The Bertz CT molecular complexity index is 410. The number of aryl methyl sites for hydroxylation is 2. The van der Waals surface area contributed by atoms with Gasteiger partial charge in [0.2, 0.25) is 0 Å². The molecule has 0 aromatic heterocycles. The van der Waals surface area contributed by atoms with Gasteiger partial charge in [-0.3, -0.25) is 0 Å². The lowest BCUT2D eigenvalue weighted by molar-refractivity contribution is 0.453. The van der Waals surface area contributed by atoms with Crippen molar-refractivity contribution in [3.8, 4) is 5.75 Å². The summed E-state index contributed by atoms with van der Waals surface area (Å²) in [6, 6.07) is 4.24. The Labute approximate surface area is 122 Å². The van der Waals surface area contributed by atoms with Gasteiger partial charge >= 0.3 is 0 Å². The van der Waals surface area contributed by atoms with Crippen LogP contribution >= 0.6 is 11.8 Å². The topological polar surface area (TPSA) is 20.2 Å². The fraction of sp³-hybridized carbons (Fsp3) is 0.647. The minimum Gasteiger partial charge on any atom is -0.506 e. The maximum atomic E-state index is 10.5. The normalized spacial score (nSPS) is 11.8. The Morgan fingerprint density at radius 1 is 1.16 bits per heavy atom. The Morgan fingerprint density at radius 2 is 1.84 bits per heavy atom. The van der Waals surface area contributed by atoms with E-state index in [0.29, 0.717) is 5.75 Å². The number of rotatable bonds is 7.